The van der Waals surface area contributed by atoms with Crippen molar-refractivity contribution in [2.45, 2.75) is 69.9 Å². The first-order chi connectivity index (χ1) is 8.20. The zero-order valence-corrected chi connectivity index (χ0v) is 11.5. The van der Waals surface area contributed by atoms with E-state index in [1.807, 2.05) is 0 Å². The number of rotatable bonds is 7. The van der Waals surface area contributed by atoms with Gasteiger partial charge >= 0.3 is 0 Å². The second-order valence-electron chi connectivity index (χ2n) is 5.55. The van der Waals surface area contributed by atoms with Crippen molar-refractivity contribution >= 4 is 0 Å². The summed E-state index contributed by atoms with van der Waals surface area (Å²) in [5.41, 5.74) is -0.405. The highest BCUT2D eigenvalue weighted by Crippen LogP contribution is 2.29. The Morgan fingerprint density at radius 2 is 1.71 bits per heavy atom. The first-order valence-corrected chi connectivity index (χ1v) is 7.15. The van der Waals surface area contributed by atoms with Gasteiger partial charge in [0.05, 0.1) is 18.8 Å². The van der Waals surface area contributed by atoms with Gasteiger partial charge in [-0.1, -0.05) is 39.0 Å². The van der Waals surface area contributed by atoms with Crippen LogP contribution in [0.1, 0.15) is 58.3 Å². The Hall–Kier alpha value is -0.120. The molecule has 17 heavy (non-hydrogen) atoms. The normalized spacial score (nSPS) is 18.9. The van der Waals surface area contributed by atoms with E-state index in [1.165, 1.54) is 32.1 Å². The zero-order chi connectivity index (χ0) is 12.7. The first kappa shape index (κ1) is 14.9. The Kier molecular flexibility index (Phi) is 6.45. The Morgan fingerprint density at radius 3 is 2.18 bits per heavy atom. The van der Waals surface area contributed by atoms with E-state index in [2.05, 4.69) is 18.9 Å². The number of aliphatic hydroxyl groups excluding tert-OH is 2. The standard InChI is InChI=1S/C14H29NO2/c1-3-4-10-14(11-16,12-17)15(2)13-8-6-5-7-9-13/h13,16-17H,3-12H2,1-2H3. The Labute approximate surface area is 106 Å². The fourth-order valence-corrected chi connectivity index (χ4v) is 2.97. The molecule has 0 aromatic heterocycles. The van der Waals surface area contributed by atoms with Gasteiger partial charge in [0.25, 0.3) is 0 Å². The van der Waals surface area contributed by atoms with Gasteiger partial charge in [-0.15, -0.1) is 0 Å². The molecule has 0 radical (unpaired) electrons. The van der Waals surface area contributed by atoms with E-state index >= 15 is 0 Å². The monoisotopic (exact) mass is 243 g/mol. The van der Waals surface area contributed by atoms with Gasteiger partial charge < -0.3 is 10.2 Å². The van der Waals surface area contributed by atoms with Gasteiger partial charge in [-0.2, -0.15) is 0 Å². The van der Waals surface area contributed by atoms with E-state index in [1.54, 1.807) is 0 Å². The van der Waals surface area contributed by atoms with E-state index in [0.717, 1.165) is 19.3 Å². The summed E-state index contributed by atoms with van der Waals surface area (Å²) in [5, 5.41) is 19.4. The minimum absolute atomic E-state index is 0.0660. The summed E-state index contributed by atoms with van der Waals surface area (Å²) < 4.78 is 0. The molecule has 2 N–H and O–H groups in total. The molecule has 1 aliphatic rings. The number of likely N-dealkylation sites (N-methyl/N-ethyl adjacent to an activating group) is 1. The lowest BCUT2D eigenvalue weighted by molar-refractivity contribution is -0.0363. The summed E-state index contributed by atoms with van der Waals surface area (Å²) in [6.45, 7) is 2.28. The molecule has 1 aliphatic carbocycles. The van der Waals surface area contributed by atoms with Crippen LogP contribution < -0.4 is 0 Å². The molecule has 0 amide bonds. The third-order valence-electron chi connectivity index (χ3n) is 4.45. The largest absolute Gasteiger partial charge is 0.394 e. The molecular weight excluding hydrogens is 214 g/mol. The number of hydrogen-bond donors (Lipinski definition) is 2. The van der Waals surface area contributed by atoms with Crippen molar-refractivity contribution in [3.8, 4) is 0 Å². The van der Waals surface area contributed by atoms with Crippen LogP contribution in [0.25, 0.3) is 0 Å². The Balaban J connectivity index is 2.66. The highest BCUT2D eigenvalue weighted by Gasteiger charge is 2.36. The van der Waals surface area contributed by atoms with Crippen LogP contribution in [0.4, 0.5) is 0 Å². The molecule has 0 atom stereocenters. The van der Waals surface area contributed by atoms with Gasteiger partial charge in [0.1, 0.15) is 0 Å². The maximum atomic E-state index is 9.70. The van der Waals surface area contributed by atoms with Crippen LogP contribution in [-0.2, 0) is 0 Å². The van der Waals surface area contributed by atoms with Gasteiger partial charge in [0, 0.05) is 6.04 Å². The van der Waals surface area contributed by atoms with E-state index in [0.29, 0.717) is 6.04 Å². The molecule has 0 aromatic rings. The fourth-order valence-electron chi connectivity index (χ4n) is 2.97. The van der Waals surface area contributed by atoms with Gasteiger partial charge in [-0.25, -0.2) is 0 Å². The average molecular weight is 243 g/mol. The minimum Gasteiger partial charge on any atom is -0.394 e. The molecule has 1 saturated carbocycles. The van der Waals surface area contributed by atoms with E-state index in [-0.39, 0.29) is 13.2 Å². The maximum Gasteiger partial charge on any atom is 0.0672 e. The van der Waals surface area contributed by atoms with Crippen LogP contribution >= 0.6 is 0 Å². The predicted octanol–water partition coefficient (Wildman–Crippen LogP) is 2.16. The van der Waals surface area contributed by atoms with Crippen molar-refractivity contribution in [1.29, 1.82) is 0 Å². The van der Waals surface area contributed by atoms with E-state index in [4.69, 9.17) is 0 Å². The maximum absolute atomic E-state index is 9.70. The van der Waals surface area contributed by atoms with Crippen LogP contribution in [0.5, 0.6) is 0 Å². The average Bonchev–Trinajstić information content (AvgIpc) is 2.41. The molecule has 3 nitrogen and oxygen atoms in total. The van der Waals surface area contributed by atoms with Crippen LogP contribution in [0.3, 0.4) is 0 Å². The molecule has 0 unspecified atom stereocenters. The molecule has 0 saturated heterocycles. The summed E-state index contributed by atoms with van der Waals surface area (Å²) in [4.78, 5) is 2.27. The SMILES string of the molecule is CCCCC(CO)(CO)N(C)C1CCCCC1. The third kappa shape index (κ3) is 3.67. The van der Waals surface area contributed by atoms with E-state index in [9.17, 15) is 10.2 Å². The lowest BCUT2D eigenvalue weighted by atomic mass is 9.87. The first-order valence-electron chi connectivity index (χ1n) is 7.15. The summed E-state index contributed by atoms with van der Waals surface area (Å²) in [5.74, 6) is 0. The molecule has 0 spiro atoms. The predicted molar refractivity (Wildman–Crippen MR) is 71.1 cm³/mol. The molecule has 0 heterocycles. The molecule has 0 bridgehead atoms. The van der Waals surface area contributed by atoms with E-state index < -0.39 is 5.54 Å². The van der Waals surface area contributed by atoms with Crippen LogP contribution in [0, 0.1) is 0 Å². The summed E-state index contributed by atoms with van der Waals surface area (Å²) in [7, 11) is 2.08. The van der Waals surface area contributed by atoms with Crippen molar-refractivity contribution in [2.24, 2.45) is 0 Å². The molecule has 3 heteroatoms. The van der Waals surface area contributed by atoms with Crippen molar-refractivity contribution < 1.29 is 10.2 Å². The molecule has 0 aliphatic heterocycles. The Bertz CT molecular complexity index is 198. The zero-order valence-electron chi connectivity index (χ0n) is 11.5. The van der Waals surface area contributed by atoms with Crippen LogP contribution in [0.2, 0.25) is 0 Å². The fraction of sp³-hybridized carbons (Fsp3) is 1.00. The molecule has 102 valence electrons. The number of nitrogens with zero attached hydrogens (tertiary/aromatic N) is 1. The molecular formula is C14H29NO2. The highest BCUT2D eigenvalue weighted by atomic mass is 16.3. The van der Waals surface area contributed by atoms with Gasteiger partial charge in [-0.05, 0) is 26.3 Å². The van der Waals surface area contributed by atoms with Crippen molar-refractivity contribution in [3.63, 3.8) is 0 Å². The molecule has 1 fully saturated rings. The number of unbranched alkanes of at least 4 members (excludes halogenated alkanes) is 1. The van der Waals surface area contributed by atoms with Gasteiger partial charge in [0.15, 0.2) is 0 Å². The smallest absolute Gasteiger partial charge is 0.0672 e. The quantitative estimate of drug-likeness (QED) is 0.720. The number of aliphatic hydroxyl groups is 2. The summed E-state index contributed by atoms with van der Waals surface area (Å²) in [6, 6.07) is 0.542. The number of hydrogen-bond acceptors (Lipinski definition) is 3. The van der Waals surface area contributed by atoms with Gasteiger partial charge in [0.2, 0.25) is 0 Å². The van der Waals surface area contributed by atoms with Crippen LogP contribution in [-0.4, -0.2) is 47.0 Å². The third-order valence-corrected chi connectivity index (χ3v) is 4.45. The molecule has 0 aromatic carbocycles. The lowest BCUT2D eigenvalue weighted by Crippen LogP contribution is -2.56. The topological polar surface area (TPSA) is 43.7 Å². The highest BCUT2D eigenvalue weighted by molar-refractivity contribution is 4.92. The van der Waals surface area contributed by atoms with Crippen molar-refractivity contribution in [1.82, 2.24) is 4.90 Å². The van der Waals surface area contributed by atoms with Crippen LogP contribution in [0.15, 0.2) is 0 Å². The summed E-state index contributed by atoms with van der Waals surface area (Å²) >= 11 is 0. The second-order valence-corrected chi connectivity index (χ2v) is 5.55. The summed E-state index contributed by atoms with van der Waals surface area (Å²) in [6.07, 6.45) is 9.41. The molecule has 1 rings (SSSR count). The van der Waals surface area contributed by atoms with Crippen molar-refractivity contribution in [3.05, 3.63) is 0 Å². The lowest BCUT2D eigenvalue weighted by Gasteiger charge is -2.45. The minimum atomic E-state index is -0.405. The Morgan fingerprint density at radius 1 is 1.12 bits per heavy atom. The van der Waals surface area contributed by atoms with Crippen molar-refractivity contribution in [2.75, 3.05) is 20.3 Å². The van der Waals surface area contributed by atoms with Gasteiger partial charge in [-0.3, -0.25) is 4.90 Å². The second kappa shape index (κ2) is 7.34.